The second-order valence-electron chi connectivity index (χ2n) is 6.98. The highest BCUT2D eigenvalue weighted by atomic mass is 19.4. The van der Waals surface area contributed by atoms with Crippen LogP contribution in [0.15, 0.2) is 57.8 Å². The molecule has 162 valence electrons. The van der Waals surface area contributed by atoms with Crippen LogP contribution in [0.5, 0.6) is 0 Å². The normalized spacial score (nSPS) is 16.7. The van der Waals surface area contributed by atoms with Gasteiger partial charge in [-0.25, -0.2) is 0 Å². The average Bonchev–Trinajstić information content (AvgIpc) is 3.54. The van der Waals surface area contributed by atoms with Crippen molar-refractivity contribution in [1.82, 2.24) is 25.3 Å². The average molecular weight is 442 g/mol. The minimum Gasteiger partial charge on any atom is -0.337 e. The monoisotopic (exact) mass is 442 g/mol. The lowest BCUT2D eigenvalue weighted by Crippen LogP contribution is -2.27. The first-order chi connectivity index (χ1) is 15.4. The Hall–Kier alpha value is -4.09. The number of carbonyl (C=O) groups is 1. The maximum atomic E-state index is 12.7. The van der Waals surface area contributed by atoms with Crippen LogP contribution in [-0.2, 0) is 11.0 Å². The quantitative estimate of drug-likeness (QED) is 0.465. The second kappa shape index (κ2) is 7.55. The zero-order chi connectivity index (χ0) is 22.3. The smallest absolute Gasteiger partial charge is 0.337 e. The fourth-order valence-electron chi connectivity index (χ4n) is 3.46. The van der Waals surface area contributed by atoms with Crippen molar-refractivity contribution in [3.05, 3.63) is 60.6 Å². The van der Waals surface area contributed by atoms with Gasteiger partial charge >= 0.3 is 12.1 Å². The highest BCUT2D eigenvalue weighted by Crippen LogP contribution is 2.37. The van der Waals surface area contributed by atoms with E-state index in [0.717, 1.165) is 5.56 Å². The molecule has 1 fully saturated rings. The van der Waals surface area contributed by atoms with Crippen LogP contribution in [0.4, 0.5) is 18.9 Å². The lowest BCUT2D eigenvalue weighted by Gasteiger charge is -2.22. The molecule has 4 heterocycles. The van der Waals surface area contributed by atoms with E-state index in [2.05, 4.69) is 29.8 Å². The summed E-state index contributed by atoms with van der Waals surface area (Å²) in [5, 5.41) is 7.35. The third-order valence-corrected chi connectivity index (χ3v) is 4.95. The number of alkyl halides is 3. The number of pyridine rings is 1. The molecular weight excluding hydrogens is 429 g/mol. The topological polar surface area (TPSA) is 111 Å². The Morgan fingerprint density at radius 3 is 2.25 bits per heavy atom. The van der Waals surface area contributed by atoms with Crippen molar-refractivity contribution in [2.24, 2.45) is 0 Å². The maximum absolute atomic E-state index is 12.7. The molecule has 1 aromatic carbocycles. The molecule has 3 aromatic heterocycles. The number of carbonyl (C=O) groups excluding carboxylic acids is 1. The molecule has 1 amide bonds. The summed E-state index contributed by atoms with van der Waals surface area (Å²) in [4.78, 5) is 25.8. The van der Waals surface area contributed by atoms with E-state index < -0.39 is 18.1 Å². The summed E-state index contributed by atoms with van der Waals surface area (Å²) in [5.74, 6) is -1.08. The number of hydrogen-bond acceptors (Lipinski definition) is 8. The van der Waals surface area contributed by atoms with E-state index in [1.165, 1.54) is 17.0 Å². The van der Waals surface area contributed by atoms with Crippen LogP contribution in [0.2, 0.25) is 0 Å². The number of amides is 1. The molecule has 0 aliphatic carbocycles. The van der Waals surface area contributed by atoms with E-state index in [1.807, 2.05) is 0 Å². The summed E-state index contributed by atoms with van der Waals surface area (Å²) in [6, 6.07) is 9.24. The fraction of sp³-hybridized carbons (Fsp3) is 0.200. The van der Waals surface area contributed by atoms with Gasteiger partial charge in [-0.05, 0) is 42.8 Å². The molecule has 4 aromatic rings. The number of benzene rings is 1. The van der Waals surface area contributed by atoms with Gasteiger partial charge in [-0.15, -0.1) is 0 Å². The van der Waals surface area contributed by atoms with E-state index in [0.29, 0.717) is 35.8 Å². The van der Waals surface area contributed by atoms with Crippen molar-refractivity contribution in [3.8, 4) is 22.8 Å². The Labute approximate surface area is 177 Å². The van der Waals surface area contributed by atoms with Crippen molar-refractivity contribution < 1.29 is 27.0 Å². The molecule has 5 rings (SSSR count). The Kier molecular flexibility index (Phi) is 4.68. The van der Waals surface area contributed by atoms with Crippen LogP contribution in [0.1, 0.15) is 30.7 Å². The Morgan fingerprint density at radius 1 is 0.906 bits per heavy atom. The first-order valence-electron chi connectivity index (χ1n) is 9.47. The van der Waals surface area contributed by atoms with E-state index in [1.54, 1.807) is 36.7 Å². The van der Waals surface area contributed by atoms with Gasteiger partial charge < -0.3 is 9.05 Å². The molecule has 1 unspecified atom stereocenters. The standard InChI is InChI=1S/C20H13F3N6O3/c21-20(22,23)19-26-17(28-32-19)11-1-3-13(4-2-11)29-14(5-6-15(29)30)18-25-16(27-31-18)12-7-9-24-10-8-12/h1-4,7-10,14H,5-6H2. The summed E-state index contributed by atoms with van der Waals surface area (Å²) in [6.07, 6.45) is -0.726. The molecule has 0 bridgehead atoms. The highest BCUT2D eigenvalue weighted by Gasteiger charge is 2.39. The third kappa shape index (κ3) is 3.59. The van der Waals surface area contributed by atoms with Gasteiger partial charge in [0.2, 0.25) is 23.4 Å². The van der Waals surface area contributed by atoms with Gasteiger partial charge in [0.25, 0.3) is 0 Å². The number of hydrogen-bond donors (Lipinski definition) is 0. The largest absolute Gasteiger partial charge is 0.471 e. The number of aromatic nitrogens is 5. The van der Waals surface area contributed by atoms with Crippen LogP contribution >= 0.6 is 0 Å². The SMILES string of the molecule is O=C1CCC(c2nc(-c3ccncc3)no2)N1c1ccc(-c2noc(C(F)(F)F)n2)cc1. The van der Waals surface area contributed by atoms with Crippen molar-refractivity contribution in [1.29, 1.82) is 0 Å². The van der Waals surface area contributed by atoms with Gasteiger partial charge in [-0.2, -0.15) is 23.1 Å². The molecule has 32 heavy (non-hydrogen) atoms. The zero-order valence-corrected chi connectivity index (χ0v) is 16.2. The van der Waals surface area contributed by atoms with Crippen LogP contribution in [0.3, 0.4) is 0 Å². The lowest BCUT2D eigenvalue weighted by atomic mass is 10.1. The number of rotatable bonds is 4. The van der Waals surface area contributed by atoms with Crippen molar-refractivity contribution in [2.45, 2.75) is 25.1 Å². The zero-order valence-electron chi connectivity index (χ0n) is 16.2. The highest BCUT2D eigenvalue weighted by molar-refractivity contribution is 5.96. The molecular formula is C20H13F3N6O3. The molecule has 1 saturated heterocycles. The van der Waals surface area contributed by atoms with Gasteiger partial charge in [0.1, 0.15) is 6.04 Å². The minimum atomic E-state index is -4.72. The number of halogens is 3. The minimum absolute atomic E-state index is 0.134. The van der Waals surface area contributed by atoms with Gasteiger partial charge in [0, 0.05) is 35.6 Å². The Bertz CT molecular complexity index is 1250. The van der Waals surface area contributed by atoms with Gasteiger partial charge in [0.05, 0.1) is 0 Å². The van der Waals surface area contributed by atoms with Crippen LogP contribution < -0.4 is 4.90 Å². The summed E-state index contributed by atoms with van der Waals surface area (Å²) >= 11 is 0. The van der Waals surface area contributed by atoms with Crippen molar-refractivity contribution in [2.75, 3.05) is 4.90 Å². The van der Waals surface area contributed by atoms with Gasteiger partial charge in [-0.1, -0.05) is 10.3 Å². The van der Waals surface area contributed by atoms with Crippen molar-refractivity contribution in [3.63, 3.8) is 0 Å². The number of anilines is 1. The summed E-state index contributed by atoms with van der Waals surface area (Å²) in [5.41, 5.74) is 1.58. The van der Waals surface area contributed by atoms with E-state index in [-0.39, 0.29) is 11.7 Å². The van der Waals surface area contributed by atoms with Crippen LogP contribution in [-0.4, -0.2) is 31.2 Å². The summed E-state index contributed by atoms with van der Waals surface area (Å²) in [6.45, 7) is 0. The lowest BCUT2D eigenvalue weighted by molar-refractivity contribution is -0.159. The molecule has 12 heteroatoms. The van der Waals surface area contributed by atoms with E-state index >= 15 is 0 Å². The second-order valence-corrected chi connectivity index (χ2v) is 6.98. The predicted molar refractivity (Wildman–Crippen MR) is 102 cm³/mol. The molecule has 1 aliphatic rings. The maximum Gasteiger partial charge on any atom is 0.471 e. The molecule has 0 spiro atoms. The number of nitrogens with zero attached hydrogens (tertiary/aromatic N) is 6. The molecule has 9 nitrogen and oxygen atoms in total. The van der Waals surface area contributed by atoms with Crippen molar-refractivity contribution >= 4 is 11.6 Å². The molecule has 0 saturated carbocycles. The van der Waals surface area contributed by atoms with E-state index in [9.17, 15) is 18.0 Å². The van der Waals surface area contributed by atoms with Crippen LogP contribution in [0.25, 0.3) is 22.8 Å². The van der Waals surface area contributed by atoms with Crippen LogP contribution in [0, 0.1) is 0 Å². The molecule has 1 aliphatic heterocycles. The third-order valence-electron chi connectivity index (χ3n) is 4.95. The molecule has 1 atom stereocenters. The summed E-state index contributed by atoms with van der Waals surface area (Å²) in [7, 11) is 0. The van der Waals surface area contributed by atoms with Gasteiger partial charge in [0.15, 0.2) is 0 Å². The Morgan fingerprint density at radius 2 is 1.56 bits per heavy atom. The molecule has 0 N–H and O–H groups in total. The first-order valence-corrected chi connectivity index (χ1v) is 9.47. The molecule has 0 radical (unpaired) electrons. The van der Waals surface area contributed by atoms with E-state index in [4.69, 9.17) is 4.52 Å². The Balaban J connectivity index is 1.40. The predicted octanol–water partition coefficient (Wildman–Crippen LogP) is 4.07. The summed E-state index contributed by atoms with van der Waals surface area (Å²) < 4.78 is 47.7. The first kappa shape index (κ1) is 19.8. The van der Waals surface area contributed by atoms with Gasteiger partial charge in [-0.3, -0.25) is 14.7 Å². The fourth-order valence-corrected chi connectivity index (χ4v) is 3.46.